The Morgan fingerprint density at radius 2 is 2.35 bits per heavy atom. The average Bonchev–Trinajstić information content (AvgIpc) is 3.01. The molecule has 1 saturated heterocycles. The third kappa shape index (κ3) is 2.29. The zero-order valence-corrected chi connectivity index (χ0v) is 12.3. The highest BCUT2D eigenvalue weighted by molar-refractivity contribution is 7.16. The molecule has 2 aromatic rings. The fraction of sp³-hybridized carbons (Fsp3) is 0.462. The lowest BCUT2D eigenvalue weighted by Crippen LogP contribution is -2.31. The van der Waals surface area contributed by atoms with E-state index in [0.717, 1.165) is 35.5 Å². The first-order valence-corrected chi connectivity index (χ1v) is 7.57. The van der Waals surface area contributed by atoms with Crippen LogP contribution >= 0.6 is 11.3 Å². The van der Waals surface area contributed by atoms with Crippen molar-refractivity contribution in [3.05, 3.63) is 11.4 Å². The third-order valence-electron chi connectivity index (χ3n) is 3.40. The van der Waals surface area contributed by atoms with Gasteiger partial charge in [0.1, 0.15) is 16.7 Å². The lowest BCUT2D eigenvalue weighted by Gasteiger charge is -2.14. The van der Waals surface area contributed by atoms with Crippen molar-refractivity contribution in [2.24, 2.45) is 0 Å². The smallest absolute Gasteiger partial charge is 0.244 e. The standard InChI is InChI=1S/C13H17N5OS/c1-3-14-13-16-10(8-5-7-20-11(8)17-13)15-9-4-6-18(2)12(9)19/h5,7,9H,3-4,6H2,1-2H3,(H2,14,15,16,17). The number of aromatic nitrogens is 2. The topological polar surface area (TPSA) is 70.2 Å². The van der Waals surface area contributed by atoms with Crippen molar-refractivity contribution in [3.8, 4) is 0 Å². The third-order valence-corrected chi connectivity index (χ3v) is 4.21. The Hall–Kier alpha value is -1.89. The Kier molecular flexibility index (Phi) is 3.43. The number of anilines is 2. The number of carbonyl (C=O) groups is 1. The second kappa shape index (κ2) is 5.24. The molecular formula is C13H17N5OS. The number of likely N-dealkylation sites (tertiary alicyclic amines) is 1. The van der Waals surface area contributed by atoms with Gasteiger partial charge in [-0.1, -0.05) is 0 Å². The minimum atomic E-state index is -0.188. The minimum Gasteiger partial charge on any atom is -0.358 e. The lowest BCUT2D eigenvalue weighted by molar-refractivity contribution is -0.127. The van der Waals surface area contributed by atoms with Crippen molar-refractivity contribution < 1.29 is 4.79 Å². The molecule has 2 N–H and O–H groups in total. The van der Waals surface area contributed by atoms with Crippen LogP contribution in [0.25, 0.3) is 10.2 Å². The van der Waals surface area contributed by atoms with E-state index in [2.05, 4.69) is 20.6 Å². The number of rotatable bonds is 4. The number of hydrogen-bond acceptors (Lipinski definition) is 6. The molecule has 0 saturated carbocycles. The second-order valence-electron chi connectivity index (χ2n) is 4.81. The number of likely N-dealkylation sites (N-methyl/N-ethyl adjacent to an activating group) is 1. The van der Waals surface area contributed by atoms with Gasteiger partial charge in [0.15, 0.2) is 0 Å². The molecule has 6 nitrogen and oxygen atoms in total. The second-order valence-corrected chi connectivity index (χ2v) is 5.71. The van der Waals surface area contributed by atoms with Crippen molar-refractivity contribution in [2.45, 2.75) is 19.4 Å². The van der Waals surface area contributed by atoms with E-state index >= 15 is 0 Å². The van der Waals surface area contributed by atoms with Crippen LogP contribution in [0, 0.1) is 0 Å². The number of nitrogens with one attached hydrogen (secondary N) is 2. The first kappa shape index (κ1) is 13.1. The van der Waals surface area contributed by atoms with E-state index in [1.54, 1.807) is 16.2 Å². The van der Waals surface area contributed by atoms with Gasteiger partial charge < -0.3 is 15.5 Å². The molecule has 1 unspecified atom stereocenters. The van der Waals surface area contributed by atoms with E-state index in [4.69, 9.17) is 0 Å². The molecule has 1 aliphatic heterocycles. The van der Waals surface area contributed by atoms with Crippen LogP contribution in [0.2, 0.25) is 0 Å². The maximum absolute atomic E-state index is 12.0. The summed E-state index contributed by atoms with van der Waals surface area (Å²) in [5, 5.41) is 9.36. The Morgan fingerprint density at radius 3 is 3.05 bits per heavy atom. The molecule has 7 heteroatoms. The lowest BCUT2D eigenvalue weighted by atomic mass is 10.2. The summed E-state index contributed by atoms with van der Waals surface area (Å²) in [5.41, 5.74) is 0. The van der Waals surface area contributed by atoms with Crippen LogP contribution in [0.1, 0.15) is 13.3 Å². The van der Waals surface area contributed by atoms with Gasteiger partial charge in [0.05, 0.1) is 5.39 Å². The van der Waals surface area contributed by atoms with Gasteiger partial charge in [0.25, 0.3) is 0 Å². The summed E-state index contributed by atoms with van der Waals surface area (Å²) in [4.78, 5) is 23.6. The van der Waals surface area contributed by atoms with E-state index < -0.39 is 0 Å². The van der Waals surface area contributed by atoms with Crippen molar-refractivity contribution in [3.63, 3.8) is 0 Å². The molecule has 106 valence electrons. The summed E-state index contributed by atoms with van der Waals surface area (Å²) in [7, 11) is 1.83. The highest BCUT2D eigenvalue weighted by atomic mass is 32.1. The maximum Gasteiger partial charge on any atom is 0.244 e. The molecule has 0 radical (unpaired) electrons. The molecule has 0 bridgehead atoms. The van der Waals surface area contributed by atoms with Gasteiger partial charge in [-0.2, -0.15) is 4.98 Å². The summed E-state index contributed by atoms with van der Waals surface area (Å²) in [6.45, 7) is 3.56. The molecule has 1 amide bonds. The quantitative estimate of drug-likeness (QED) is 0.898. The first-order chi connectivity index (χ1) is 9.69. The maximum atomic E-state index is 12.0. The van der Waals surface area contributed by atoms with Crippen molar-refractivity contribution in [2.75, 3.05) is 30.8 Å². The molecule has 3 heterocycles. The van der Waals surface area contributed by atoms with Crippen LogP contribution in [0.15, 0.2) is 11.4 Å². The van der Waals surface area contributed by atoms with Gasteiger partial charge in [-0.25, -0.2) is 4.98 Å². The summed E-state index contributed by atoms with van der Waals surface area (Å²) in [5.74, 6) is 1.46. The van der Waals surface area contributed by atoms with Gasteiger partial charge in [-0.3, -0.25) is 4.79 Å². The van der Waals surface area contributed by atoms with Gasteiger partial charge in [0, 0.05) is 20.1 Å². The fourth-order valence-electron chi connectivity index (χ4n) is 2.32. The monoisotopic (exact) mass is 291 g/mol. The Balaban J connectivity index is 1.93. The normalized spacial score (nSPS) is 18.8. The predicted octanol–water partition coefficient (Wildman–Crippen LogP) is 1.77. The molecule has 20 heavy (non-hydrogen) atoms. The predicted molar refractivity (Wildman–Crippen MR) is 81.2 cm³/mol. The van der Waals surface area contributed by atoms with Crippen LogP contribution in [-0.2, 0) is 4.79 Å². The van der Waals surface area contributed by atoms with Gasteiger partial charge in [-0.15, -0.1) is 11.3 Å². The largest absolute Gasteiger partial charge is 0.358 e. The van der Waals surface area contributed by atoms with Crippen molar-refractivity contribution >= 4 is 39.2 Å². The molecule has 1 fully saturated rings. The molecule has 0 aromatic carbocycles. The van der Waals surface area contributed by atoms with E-state index in [9.17, 15) is 4.79 Å². The summed E-state index contributed by atoms with van der Waals surface area (Å²) in [6.07, 6.45) is 0.807. The first-order valence-electron chi connectivity index (χ1n) is 6.69. The SMILES string of the molecule is CCNc1nc(NC2CCN(C)C2=O)c2ccsc2n1. The average molecular weight is 291 g/mol. The highest BCUT2D eigenvalue weighted by Gasteiger charge is 2.29. The Bertz CT molecular complexity index is 641. The molecular weight excluding hydrogens is 274 g/mol. The highest BCUT2D eigenvalue weighted by Crippen LogP contribution is 2.28. The van der Waals surface area contributed by atoms with E-state index in [1.807, 2.05) is 25.4 Å². The van der Waals surface area contributed by atoms with E-state index in [1.165, 1.54) is 0 Å². The van der Waals surface area contributed by atoms with Crippen LogP contribution in [0.4, 0.5) is 11.8 Å². The Labute approximate surface area is 121 Å². The van der Waals surface area contributed by atoms with Crippen LogP contribution in [-0.4, -0.2) is 47.0 Å². The molecule has 3 rings (SSSR count). The minimum absolute atomic E-state index is 0.122. The van der Waals surface area contributed by atoms with Crippen LogP contribution in [0.5, 0.6) is 0 Å². The molecule has 0 spiro atoms. The Morgan fingerprint density at radius 1 is 1.50 bits per heavy atom. The van der Waals surface area contributed by atoms with E-state index in [-0.39, 0.29) is 11.9 Å². The van der Waals surface area contributed by atoms with Crippen LogP contribution < -0.4 is 10.6 Å². The van der Waals surface area contributed by atoms with Crippen molar-refractivity contribution in [1.29, 1.82) is 0 Å². The zero-order valence-electron chi connectivity index (χ0n) is 11.5. The van der Waals surface area contributed by atoms with Gasteiger partial charge >= 0.3 is 0 Å². The number of fused-ring (bicyclic) bond motifs is 1. The number of amides is 1. The molecule has 2 aromatic heterocycles. The number of nitrogens with zero attached hydrogens (tertiary/aromatic N) is 3. The molecule has 1 atom stereocenters. The van der Waals surface area contributed by atoms with Gasteiger partial charge in [-0.05, 0) is 24.8 Å². The summed E-state index contributed by atoms with van der Waals surface area (Å²) >= 11 is 1.57. The van der Waals surface area contributed by atoms with E-state index in [0.29, 0.717) is 5.95 Å². The molecule has 1 aliphatic rings. The van der Waals surface area contributed by atoms with Gasteiger partial charge in [0.2, 0.25) is 11.9 Å². The number of carbonyl (C=O) groups excluding carboxylic acids is 1. The zero-order chi connectivity index (χ0) is 14.1. The number of thiophene rings is 1. The number of hydrogen-bond donors (Lipinski definition) is 2. The van der Waals surface area contributed by atoms with Crippen LogP contribution in [0.3, 0.4) is 0 Å². The van der Waals surface area contributed by atoms with Crippen molar-refractivity contribution in [1.82, 2.24) is 14.9 Å². The fourth-order valence-corrected chi connectivity index (χ4v) is 3.09. The summed E-state index contributed by atoms with van der Waals surface area (Å²) in [6, 6.07) is 1.80. The summed E-state index contributed by atoms with van der Waals surface area (Å²) < 4.78 is 0. The molecule has 0 aliphatic carbocycles.